The third-order valence-electron chi connectivity index (χ3n) is 4.12. The zero-order valence-corrected chi connectivity index (χ0v) is 14.3. The van der Waals surface area contributed by atoms with E-state index in [1.165, 1.54) is 5.56 Å². The molecule has 0 unspecified atom stereocenters. The van der Waals surface area contributed by atoms with Crippen LogP contribution < -0.4 is 20.1 Å². The number of rotatable bonds is 4. The largest absolute Gasteiger partial charge is 0.454 e. The molecule has 0 aliphatic carbocycles. The van der Waals surface area contributed by atoms with Gasteiger partial charge in [-0.1, -0.05) is 17.7 Å². The van der Waals surface area contributed by atoms with Crippen molar-refractivity contribution < 1.29 is 14.3 Å². The molecule has 0 bridgehead atoms. The van der Waals surface area contributed by atoms with E-state index in [1.807, 2.05) is 36.4 Å². The summed E-state index contributed by atoms with van der Waals surface area (Å²) in [5.41, 5.74) is 4.44. The number of carbonyl (C=O) groups is 1. The van der Waals surface area contributed by atoms with Crippen LogP contribution in [0.3, 0.4) is 0 Å². The lowest BCUT2D eigenvalue weighted by Gasteiger charge is -2.09. The first-order valence-electron chi connectivity index (χ1n) is 8.32. The van der Waals surface area contributed by atoms with Crippen molar-refractivity contribution in [2.75, 3.05) is 17.4 Å². The van der Waals surface area contributed by atoms with Crippen LogP contribution in [0, 0.1) is 6.92 Å². The average molecular weight is 346 g/mol. The van der Waals surface area contributed by atoms with Crippen LogP contribution in [0.4, 0.5) is 17.1 Å². The second-order valence-electron chi connectivity index (χ2n) is 6.09. The Hall–Kier alpha value is -3.47. The van der Waals surface area contributed by atoms with Gasteiger partial charge in [-0.05, 0) is 61.5 Å². The van der Waals surface area contributed by atoms with Gasteiger partial charge in [-0.25, -0.2) is 0 Å². The summed E-state index contributed by atoms with van der Waals surface area (Å²) in [6.45, 7) is 2.25. The van der Waals surface area contributed by atoms with E-state index in [-0.39, 0.29) is 12.7 Å². The predicted molar refractivity (Wildman–Crippen MR) is 101 cm³/mol. The van der Waals surface area contributed by atoms with Crippen molar-refractivity contribution in [1.82, 2.24) is 0 Å². The van der Waals surface area contributed by atoms with E-state index in [2.05, 4.69) is 29.7 Å². The molecule has 1 aliphatic heterocycles. The van der Waals surface area contributed by atoms with Gasteiger partial charge >= 0.3 is 0 Å². The Kier molecular flexibility index (Phi) is 4.19. The van der Waals surface area contributed by atoms with Crippen LogP contribution >= 0.6 is 0 Å². The Balaban J connectivity index is 1.42. The molecule has 26 heavy (non-hydrogen) atoms. The molecule has 3 aromatic rings. The summed E-state index contributed by atoms with van der Waals surface area (Å²) >= 11 is 0. The first-order chi connectivity index (χ1) is 12.7. The van der Waals surface area contributed by atoms with E-state index < -0.39 is 0 Å². The highest BCUT2D eigenvalue weighted by atomic mass is 16.7. The number of carbonyl (C=O) groups excluding carboxylic acids is 1. The minimum atomic E-state index is -0.192. The number of ether oxygens (including phenoxy) is 2. The molecule has 3 aromatic carbocycles. The van der Waals surface area contributed by atoms with E-state index in [1.54, 1.807) is 18.2 Å². The number of hydrogen-bond donors (Lipinski definition) is 2. The smallest absolute Gasteiger partial charge is 0.255 e. The quantitative estimate of drug-likeness (QED) is 0.718. The van der Waals surface area contributed by atoms with Gasteiger partial charge in [-0.15, -0.1) is 0 Å². The monoisotopic (exact) mass is 346 g/mol. The molecule has 2 N–H and O–H groups in total. The Morgan fingerprint density at radius 3 is 2.15 bits per heavy atom. The number of amides is 1. The molecule has 0 fully saturated rings. The van der Waals surface area contributed by atoms with Gasteiger partial charge in [-0.3, -0.25) is 4.79 Å². The van der Waals surface area contributed by atoms with Crippen molar-refractivity contribution in [3.8, 4) is 11.5 Å². The highest BCUT2D eigenvalue weighted by Crippen LogP contribution is 2.32. The van der Waals surface area contributed by atoms with Crippen molar-refractivity contribution >= 4 is 23.0 Å². The second-order valence-corrected chi connectivity index (χ2v) is 6.09. The van der Waals surface area contributed by atoms with E-state index >= 15 is 0 Å². The number of anilines is 3. The molecule has 1 aliphatic rings. The van der Waals surface area contributed by atoms with Crippen LogP contribution in [0.5, 0.6) is 11.5 Å². The minimum Gasteiger partial charge on any atom is -0.454 e. The number of benzene rings is 3. The maximum absolute atomic E-state index is 12.4. The molecule has 0 saturated carbocycles. The lowest BCUT2D eigenvalue weighted by molar-refractivity contribution is 0.102. The van der Waals surface area contributed by atoms with Gasteiger partial charge in [0.15, 0.2) is 11.5 Å². The molecule has 0 radical (unpaired) electrons. The fourth-order valence-corrected chi connectivity index (χ4v) is 2.68. The number of hydrogen-bond acceptors (Lipinski definition) is 4. The summed E-state index contributed by atoms with van der Waals surface area (Å²) in [7, 11) is 0. The Bertz CT molecular complexity index is 934. The minimum absolute atomic E-state index is 0.190. The molecule has 0 aromatic heterocycles. The first kappa shape index (κ1) is 16.0. The van der Waals surface area contributed by atoms with Crippen LogP contribution in [-0.4, -0.2) is 12.7 Å². The van der Waals surface area contributed by atoms with Gasteiger partial charge in [0.25, 0.3) is 5.91 Å². The zero-order chi connectivity index (χ0) is 17.9. The van der Waals surface area contributed by atoms with Crippen molar-refractivity contribution in [2.45, 2.75) is 6.92 Å². The van der Waals surface area contributed by atoms with Gasteiger partial charge in [-0.2, -0.15) is 0 Å². The molecule has 5 heteroatoms. The van der Waals surface area contributed by atoms with Crippen LogP contribution in [0.25, 0.3) is 0 Å². The molecule has 0 saturated heterocycles. The summed E-state index contributed by atoms with van der Waals surface area (Å²) in [5, 5.41) is 6.21. The van der Waals surface area contributed by atoms with Crippen molar-refractivity contribution in [2.24, 2.45) is 0 Å². The predicted octanol–water partition coefficient (Wildman–Crippen LogP) is 4.72. The Morgan fingerprint density at radius 2 is 1.42 bits per heavy atom. The SMILES string of the molecule is Cc1ccc(Nc2ccc(NC(=O)c3ccc4c(c3)OCO4)cc2)cc1. The van der Waals surface area contributed by atoms with E-state index in [0.717, 1.165) is 17.1 Å². The fourth-order valence-electron chi connectivity index (χ4n) is 2.68. The third-order valence-corrected chi connectivity index (χ3v) is 4.12. The van der Waals surface area contributed by atoms with E-state index in [0.29, 0.717) is 17.1 Å². The van der Waals surface area contributed by atoms with Gasteiger partial charge in [0.1, 0.15) is 0 Å². The van der Waals surface area contributed by atoms with E-state index in [4.69, 9.17) is 9.47 Å². The standard InChI is InChI=1S/C21H18N2O3/c1-14-2-5-16(6-3-14)22-17-7-9-18(10-8-17)23-21(24)15-4-11-19-20(12-15)26-13-25-19/h2-12,22H,13H2,1H3,(H,23,24). The Morgan fingerprint density at radius 1 is 0.808 bits per heavy atom. The summed E-state index contributed by atoms with van der Waals surface area (Å²) in [6.07, 6.45) is 0. The van der Waals surface area contributed by atoms with E-state index in [9.17, 15) is 4.79 Å². The van der Waals surface area contributed by atoms with Gasteiger partial charge in [0, 0.05) is 22.6 Å². The summed E-state index contributed by atoms with van der Waals surface area (Å²) < 4.78 is 10.6. The summed E-state index contributed by atoms with van der Waals surface area (Å²) in [4.78, 5) is 12.4. The topological polar surface area (TPSA) is 59.6 Å². The van der Waals surface area contributed by atoms with Gasteiger partial charge < -0.3 is 20.1 Å². The highest BCUT2D eigenvalue weighted by molar-refractivity contribution is 6.04. The highest BCUT2D eigenvalue weighted by Gasteiger charge is 2.16. The van der Waals surface area contributed by atoms with Gasteiger partial charge in [0.05, 0.1) is 0 Å². The second kappa shape index (κ2) is 6.80. The fraction of sp³-hybridized carbons (Fsp3) is 0.0952. The number of fused-ring (bicyclic) bond motifs is 1. The summed E-state index contributed by atoms with van der Waals surface area (Å²) in [6, 6.07) is 20.9. The lowest BCUT2D eigenvalue weighted by Crippen LogP contribution is -2.11. The average Bonchev–Trinajstić information content (AvgIpc) is 3.13. The molecule has 0 atom stereocenters. The lowest BCUT2D eigenvalue weighted by atomic mass is 10.2. The maximum Gasteiger partial charge on any atom is 0.255 e. The molecular formula is C21H18N2O3. The molecule has 130 valence electrons. The molecule has 5 nitrogen and oxygen atoms in total. The van der Waals surface area contributed by atoms with Gasteiger partial charge in [0.2, 0.25) is 6.79 Å². The van der Waals surface area contributed by atoms with Crippen LogP contribution in [0.2, 0.25) is 0 Å². The molecule has 4 rings (SSSR count). The van der Waals surface area contributed by atoms with Crippen LogP contribution in [-0.2, 0) is 0 Å². The van der Waals surface area contributed by atoms with Crippen LogP contribution in [0.1, 0.15) is 15.9 Å². The first-order valence-corrected chi connectivity index (χ1v) is 8.32. The molecule has 1 amide bonds. The molecule has 1 heterocycles. The summed E-state index contributed by atoms with van der Waals surface area (Å²) in [5.74, 6) is 1.06. The maximum atomic E-state index is 12.4. The molecular weight excluding hydrogens is 328 g/mol. The number of aryl methyl sites for hydroxylation is 1. The Labute approximate surface area is 151 Å². The van der Waals surface area contributed by atoms with Crippen molar-refractivity contribution in [1.29, 1.82) is 0 Å². The normalized spacial score (nSPS) is 11.9. The van der Waals surface area contributed by atoms with Crippen LogP contribution in [0.15, 0.2) is 66.7 Å². The molecule has 0 spiro atoms. The zero-order valence-electron chi connectivity index (χ0n) is 14.3. The number of nitrogens with one attached hydrogen (secondary N) is 2. The van der Waals surface area contributed by atoms with Crippen molar-refractivity contribution in [3.05, 3.63) is 77.9 Å². The van der Waals surface area contributed by atoms with Crippen molar-refractivity contribution in [3.63, 3.8) is 0 Å². The third kappa shape index (κ3) is 3.47.